The molecule has 1 aromatic heterocycles. The third-order valence-corrected chi connectivity index (χ3v) is 2.84. The minimum atomic E-state index is -0.599. The number of benzene rings is 1. The van der Waals surface area contributed by atoms with Gasteiger partial charge in [0.25, 0.3) is 0 Å². The van der Waals surface area contributed by atoms with Crippen molar-refractivity contribution in [1.82, 2.24) is 4.98 Å². The predicted octanol–water partition coefficient (Wildman–Crippen LogP) is 4.23. The Labute approximate surface area is 115 Å². The molecule has 0 amide bonds. The highest BCUT2D eigenvalue weighted by molar-refractivity contribution is 6.35. The molecule has 2 aromatic rings. The molecule has 0 spiro atoms. The molecule has 0 bridgehead atoms. The van der Waals surface area contributed by atoms with Crippen molar-refractivity contribution in [2.24, 2.45) is 0 Å². The summed E-state index contributed by atoms with van der Waals surface area (Å²) >= 11 is 11.8. The molecule has 0 aliphatic carbocycles. The summed E-state index contributed by atoms with van der Waals surface area (Å²) in [6.45, 7) is 1.65. The van der Waals surface area contributed by atoms with Crippen molar-refractivity contribution in [3.05, 3.63) is 52.3 Å². The Balaban J connectivity index is 2.18. The van der Waals surface area contributed by atoms with E-state index in [2.05, 4.69) is 4.98 Å². The summed E-state index contributed by atoms with van der Waals surface area (Å²) in [7, 11) is 0. The molecule has 1 heterocycles. The summed E-state index contributed by atoms with van der Waals surface area (Å²) in [5, 5.41) is 10.3. The molecule has 0 saturated carbocycles. The van der Waals surface area contributed by atoms with E-state index in [1.807, 2.05) is 0 Å². The Bertz CT molecular complexity index is 541. The van der Waals surface area contributed by atoms with Crippen molar-refractivity contribution in [2.75, 3.05) is 0 Å². The van der Waals surface area contributed by atoms with E-state index in [1.54, 1.807) is 37.3 Å². The molecule has 1 N–H and O–H groups in total. The number of rotatable bonds is 3. The third-order valence-electron chi connectivity index (χ3n) is 2.31. The maximum Gasteiger partial charge on any atom is 0.146 e. The van der Waals surface area contributed by atoms with Crippen LogP contribution in [0.15, 0.2) is 36.5 Å². The van der Waals surface area contributed by atoms with E-state index in [-0.39, 0.29) is 0 Å². The van der Waals surface area contributed by atoms with Crippen LogP contribution in [-0.4, -0.2) is 10.1 Å². The van der Waals surface area contributed by atoms with Crippen LogP contribution in [-0.2, 0) is 0 Å². The normalized spacial score (nSPS) is 12.2. The molecule has 94 valence electrons. The lowest BCUT2D eigenvalue weighted by Crippen LogP contribution is -1.95. The fraction of sp³-hybridized carbons (Fsp3) is 0.154. The molecule has 0 aliphatic rings. The lowest BCUT2D eigenvalue weighted by molar-refractivity contribution is 0.194. The number of nitrogens with zero attached hydrogens (tertiary/aromatic N) is 1. The second-order valence-electron chi connectivity index (χ2n) is 3.77. The fourth-order valence-corrected chi connectivity index (χ4v) is 1.83. The van der Waals surface area contributed by atoms with Gasteiger partial charge < -0.3 is 9.84 Å². The summed E-state index contributed by atoms with van der Waals surface area (Å²) in [5.41, 5.74) is 0.588. The molecule has 1 aromatic carbocycles. The van der Waals surface area contributed by atoms with Crippen LogP contribution in [0.4, 0.5) is 0 Å². The molecule has 0 fully saturated rings. The van der Waals surface area contributed by atoms with Crippen LogP contribution in [0.1, 0.15) is 18.7 Å². The summed E-state index contributed by atoms with van der Waals surface area (Å²) < 4.78 is 5.56. The van der Waals surface area contributed by atoms with Crippen LogP contribution in [0, 0.1) is 0 Å². The van der Waals surface area contributed by atoms with Gasteiger partial charge in [-0.15, -0.1) is 0 Å². The van der Waals surface area contributed by atoms with Gasteiger partial charge in [0.05, 0.1) is 23.0 Å². The van der Waals surface area contributed by atoms with Crippen LogP contribution in [0.5, 0.6) is 11.5 Å². The van der Waals surface area contributed by atoms with Gasteiger partial charge in [-0.05, 0) is 37.3 Å². The van der Waals surface area contributed by atoms with Crippen molar-refractivity contribution >= 4 is 23.2 Å². The van der Waals surface area contributed by atoms with E-state index < -0.39 is 6.10 Å². The Morgan fingerprint density at radius 3 is 2.56 bits per heavy atom. The Morgan fingerprint density at radius 2 is 2.00 bits per heavy atom. The zero-order valence-corrected chi connectivity index (χ0v) is 11.1. The van der Waals surface area contributed by atoms with Gasteiger partial charge in [0.2, 0.25) is 0 Å². The van der Waals surface area contributed by atoms with Crippen molar-refractivity contribution in [1.29, 1.82) is 0 Å². The molecule has 2 rings (SSSR count). The molecule has 0 radical (unpaired) electrons. The van der Waals surface area contributed by atoms with Gasteiger partial charge in [0.1, 0.15) is 11.5 Å². The molecular formula is C13H11Cl2NO2. The van der Waals surface area contributed by atoms with Gasteiger partial charge in [-0.25, -0.2) is 0 Å². The second kappa shape index (κ2) is 5.57. The number of aromatic nitrogens is 1. The fourth-order valence-electron chi connectivity index (χ4n) is 1.38. The van der Waals surface area contributed by atoms with Crippen molar-refractivity contribution in [2.45, 2.75) is 13.0 Å². The molecular weight excluding hydrogens is 273 g/mol. The quantitative estimate of drug-likeness (QED) is 0.916. The van der Waals surface area contributed by atoms with Crippen LogP contribution >= 0.6 is 23.2 Å². The molecule has 1 atom stereocenters. The monoisotopic (exact) mass is 283 g/mol. The number of hydrogen-bond acceptors (Lipinski definition) is 3. The van der Waals surface area contributed by atoms with Gasteiger partial charge in [-0.2, -0.15) is 0 Å². The van der Waals surface area contributed by atoms with Gasteiger partial charge in [0.15, 0.2) is 0 Å². The number of pyridine rings is 1. The van der Waals surface area contributed by atoms with Crippen molar-refractivity contribution < 1.29 is 9.84 Å². The number of ether oxygens (including phenoxy) is 1. The van der Waals surface area contributed by atoms with E-state index in [4.69, 9.17) is 27.9 Å². The Kier molecular flexibility index (Phi) is 4.07. The van der Waals surface area contributed by atoms with E-state index >= 15 is 0 Å². The van der Waals surface area contributed by atoms with Gasteiger partial charge >= 0.3 is 0 Å². The molecule has 3 nitrogen and oxygen atoms in total. The van der Waals surface area contributed by atoms with E-state index in [1.165, 1.54) is 6.20 Å². The average molecular weight is 284 g/mol. The van der Waals surface area contributed by atoms with Crippen LogP contribution in [0.25, 0.3) is 0 Å². The number of aliphatic hydroxyl groups is 1. The summed E-state index contributed by atoms with van der Waals surface area (Å²) in [6, 6.07) is 8.41. The van der Waals surface area contributed by atoms with Gasteiger partial charge in [-0.1, -0.05) is 23.2 Å². The highest BCUT2D eigenvalue weighted by atomic mass is 35.5. The second-order valence-corrected chi connectivity index (χ2v) is 4.62. The Hall–Kier alpha value is -1.29. The zero-order valence-electron chi connectivity index (χ0n) is 9.60. The van der Waals surface area contributed by atoms with Crippen LogP contribution in [0.3, 0.4) is 0 Å². The maximum atomic E-state index is 9.34. The van der Waals surface area contributed by atoms with E-state index in [0.29, 0.717) is 27.2 Å². The van der Waals surface area contributed by atoms with Gasteiger partial charge in [-0.3, -0.25) is 4.98 Å². The van der Waals surface area contributed by atoms with E-state index in [9.17, 15) is 5.11 Å². The minimum Gasteiger partial charge on any atom is -0.454 e. The number of halogens is 2. The number of aliphatic hydroxyl groups excluding tert-OH is 1. The largest absolute Gasteiger partial charge is 0.454 e. The first-order valence-electron chi connectivity index (χ1n) is 5.33. The smallest absolute Gasteiger partial charge is 0.146 e. The van der Waals surface area contributed by atoms with Crippen molar-refractivity contribution in [3.8, 4) is 11.5 Å². The first-order valence-corrected chi connectivity index (χ1v) is 6.09. The highest BCUT2D eigenvalue weighted by Gasteiger charge is 2.06. The Morgan fingerprint density at radius 1 is 1.22 bits per heavy atom. The maximum absolute atomic E-state index is 9.34. The van der Waals surface area contributed by atoms with Crippen molar-refractivity contribution in [3.63, 3.8) is 0 Å². The molecule has 0 saturated heterocycles. The lowest BCUT2D eigenvalue weighted by Gasteiger charge is -2.08. The lowest BCUT2D eigenvalue weighted by atomic mass is 10.2. The van der Waals surface area contributed by atoms with Crippen LogP contribution < -0.4 is 4.74 Å². The standard InChI is InChI=1S/C13H11Cl2NO2/c1-8(17)12-4-3-10(7-16-12)18-13-5-2-9(14)6-11(13)15/h2-8,17H,1H3/t8-/m1/s1. The molecule has 0 aliphatic heterocycles. The SMILES string of the molecule is C[C@@H](O)c1ccc(Oc2ccc(Cl)cc2Cl)cn1. The summed E-state index contributed by atoms with van der Waals surface area (Å²) in [5.74, 6) is 1.05. The first-order chi connectivity index (χ1) is 8.56. The minimum absolute atomic E-state index is 0.433. The van der Waals surface area contributed by atoms with Gasteiger partial charge in [0, 0.05) is 5.02 Å². The summed E-state index contributed by atoms with van der Waals surface area (Å²) in [4.78, 5) is 4.08. The zero-order chi connectivity index (χ0) is 13.1. The molecule has 18 heavy (non-hydrogen) atoms. The molecule has 5 heteroatoms. The van der Waals surface area contributed by atoms with Crippen LogP contribution in [0.2, 0.25) is 10.0 Å². The van der Waals surface area contributed by atoms with E-state index in [0.717, 1.165) is 0 Å². The topological polar surface area (TPSA) is 42.4 Å². The highest BCUT2D eigenvalue weighted by Crippen LogP contribution is 2.31. The third kappa shape index (κ3) is 3.13. The first kappa shape index (κ1) is 13.1. The number of hydrogen-bond donors (Lipinski definition) is 1. The molecule has 0 unspecified atom stereocenters. The summed E-state index contributed by atoms with van der Waals surface area (Å²) in [6.07, 6.45) is 0.936. The average Bonchev–Trinajstić information content (AvgIpc) is 2.33. The predicted molar refractivity (Wildman–Crippen MR) is 71.4 cm³/mol.